The highest BCUT2D eigenvalue weighted by molar-refractivity contribution is 9.09. The lowest BCUT2D eigenvalue weighted by Gasteiger charge is -2.56. The second-order valence-electron chi connectivity index (χ2n) is 7.78. The van der Waals surface area contributed by atoms with Gasteiger partial charge in [-0.05, 0) is 68.1 Å². The second kappa shape index (κ2) is 5.98. The molecule has 0 aromatic rings. The van der Waals surface area contributed by atoms with Crippen molar-refractivity contribution in [1.29, 1.82) is 0 Å². The molecule has 1 atom stereocenters. The third kappa shape index (κ3) is 3.23. The van der Waals surface area contributed by atoms with E-state index in [1.165, 1.54) is 44.9 Å². The van der Waals surface area contributed by atoms with Gasteiger partial charge in [0, 0.05) is 17.8 Å². The Bertz CT molecular complexity index is 333. The number of rotatable bonds is 6. The summed E-state index contributed by atoms with van der Waals surface area (Å²) in [6.45, 7) is 2.98. The molecule has 0 aliphatic heterocycles. The van der Waals surface area contributed by atoms with Crippen LogP contribution in [0.3, 0.4) is 0 Å². The van der Waals surface area contributed by atoms with E-state index in [9.17, 15) is 4.79 Å². The molecule has 1 N–H and O–H groups in total. The van der Waals surface area contributed by atoms with Crippen LogP contribution in [0.1, 0.15) is 64.7 Å². The highest BCUT2D eigenvalue weighted by atomic mass is 79.9. The lowest BCUT2D eigenvalue weighted by Crippen LogP contribution is -2.48. The molecule has 4 aliphatic rings. The first-order valence-electron chi connectivity index (χ1n) is 8.49. The SMILES string of the molecule is CCCC(Br)CNC(=O)CC12CC3CC(CC(C3)C1)C2. The van der Waals surface area contributed by atoms with Crippen molar-refractivity contribution in [3.8, 4) is 0 Å². The van der Waals surface area contributed by atoms with E-state index in [0.29, 0.717) is 16.1 Å². The molecule has 4 aliphatic carbocycles. The summed E-state index contributed by atoms with van der Waals surface area (Å²) in [5, 5.41) is 3.16. The van der Waals surface area contributed by atoms with Gasteiger partial charge in [0.15, 0.2) is 0 Å². The minimum Gasteiger partial charge on any atom is -0.355 e. The summed E-state index contributed by atoms with van der Waals surface area (Å²) >= 11 is 3.64. The van der Waals surface area contributed by atoms with E-state index in [4.69, 9.17) is 0 Å². The maximum Gasteiger partial charge on any atom is 0.220 e. The van der Waals surface area contributed by atoms with Crippen LogP contribution in [-0.4, -0.2) is 17.3 Å². The molecule has 4 rings (SSSR count). The van der Waals surface area contributed by atoms with E-state index < -0.39 is 0 Å². The summed E-state index contributed by atoms with van der Waals surface area (Å²) in [4.78, 5) is 12.7. The number of carbonyl (C=O) groups excluding carboxylic acids is 1. The van der Waals surface area contributed by atoms with E-state index in [1.54, 1.807) is 0 Å². The second-order valence-corrected chi connectivity index (χ2v) is 9.08. The Morgan fingerprint density at radius 1 is 1.20 bits per heavy atom. The summed E-state index contributed by atoms with van der Waals surface area (Å²) in [6.07, 6.45) is 11.5. The largest absolute Gasteiger partial charge is 0.355 e. The van der Waals surface area contributed by atoms with Gasteiger partial charge in [0.25, 0.3) is 0 Å². The highest BCUT2D eigenvalue weighted by Gasteiger charge is 2.51. The molecule has 4 saturated carbocycles. The molecule has 1 amide bonds. The zero-order valence-electron chi connectivity index (χ0n) is 12.7. The lowest BCUT2D eigenvalue weighted by atomic mass is 9.49. The summed E-state index contributed by atoms with van der Waals surface area (Å²) < 4.78 is 0. The molecule has 4 bridgehead atoms. The third-order valence-corrected chi connectivity index (χ3v) is 6.60. The molecule has 20 heavy (non-hydrogen) atoms. The van der Waals surface area contributed by atoms with Crippen LogP contribution in [0, 0.1) is 23.2 Å². The minimum atomic E-state index is 0.299. The predicted molar refractivity (Wildman–Crippen MR) is 85.9 cm³/mol. The first kappa shape index (κ1) is 14.9. The number of hydrogen-bond donors (Lipinski definition) is 1. The predicted octanol–water partition coefficient (Wildman–Crippen LogP) is 4.27. The molecule has 0 spiro atoms. The van der Waals surface area contributed by atoms with Gasteiger partial charge in [-0.3, -0.25) is 4.79 Å². The van der Waals surface area contributed by atoms with Crippen LogP contribution in [0.5, 0.6) is 0 Å². The molecule has 1 unspecified atom stereocenters. The molecule has 0 saturated heterocycles. The summed E-state index contributed by atoms with van der Waals surface area (Å²) in [7, 11) is 0. The Hall–Kier alpha value is -0.0500. The maximum atomic E-state index is 12.3. The average molecular weight is 342 g/mol. The minimum absolute atomic E-state index is 0.299. The maximum absolute atomic E-state index is 12.3. The quantitative estimate of drug-likeness (QED) is 0.718. The molecule has 0 radical (unpaired) electrons. The molecule has 3 heteroatoms. The molecular weight excluding hydrogens is 314 g/mol. The summed E-state index contributed by atoms with van der Waals surface area (Å²) in [5.41, 5.74) is 0.380. The number of carbonyl (C=O) groups is 1. The molecule has 0 aromatic carbocycles. The van der Waals surface area contributed by atoms with Crippen molar-refractivity contribution in [1.82, 2.24) is 5.32 Å². The van der Waals surface area contributed by atoms with Crippen molar-refractivity contribution in [2.75, 3.05) is 6.54 Å². The van der Waals surface area contributed by atoms with Gasteiger partial charge in [0.1, 0.15) is 0 Å². The first-order valence-corrected chi connectivity index (χ1v) is 9.41. The number of halogens is 1. The van der Waals surface area contributed by atoms with Gasteiger partial charge in [-0.15, -0.1) is 0 Å². The normalized spacial score (nSPS) is 39.8. The zero-order chi connectivity index (χ0) is 14.2. The van der Waals surface area contributed by atoms with Gasteiger partial charge in [-0.1, -0.05) is 29.3 Å². The molecule has 4 fully saturated rings. The van der Waals surface area contributed by atoms with Crippen molar-refractivity contribution in [2.24, 2.45) is 23.2 Å². The highest BCUT2D eigenvalue weighted by Crippen LogP contribution is 2.61. The molecule has 0 aromatic heterocycles. The number of nitrogens with one attached hydrogen (secondary N) is 1. The van der Waals surface area contributed by atoms with Crippen molar-refractivity contribution in [3.05, 3.63) is 0 Å². The molecular formula is C17H28BrNO. The average Bonchev–Trinajstić information content (AvgIpc) is 2.34. The lowest BCUT2D eigenvalue weighted by molar-refractivity contribution is -0.129. The number of hydrogen-bond acceptors (Lipinski definition) is 1. The Morgan fingerprint density at radius 2 is 1.75 bits per heavy atom. The van der Waals surface area contributed by atoms with Crippen LogP contribution in [0.4, 0.5) is 0 Å². The van der Waals surface area contributed by atoms with E-state index in [2.05, 4.69) is 28.2 Å². The van der Waals surface area contributed by atoms with Crippen LogP contribution in [0.25, 0.3) is 0 Å². The Kier molecular flexibility index (Phi) is 4.45. The van der Waals surface area contributed by atoms with Gasteiger partial charge >= 0.3 is 0 Å². The van der Waals surface area contributed by atoms with E-state index >= 15 is 0 Å². The van der Waals surface area contributed by atoms with Gasteiger partial charge in [0.2, 0.25) is 5.91 Å². The Morgan fingerprint density at radius 3 is 2.25 bits per heavy atom. The Balaban J connectivity index is 1.51. The third-order valence-electron chi connectivity index (χ3n) is 5.82. The van der Waals surface area contributed by atoms with Crippen LogP contribution < -0.4 is 5.32 Å². The van der Waals surface area contributed by atoms with Crippen LogP contribution in [0.15, 0.2) is 0 Å². The van der Waals surface area contributed by atoms with Crippen molar-refractivity contribution >= 4 is 21.8 Å². The van der Waals surface area contributed by atoms with Crippen LogP contribution in [0.2, 0.25) is 0 Å². The molecule has 0 heterocycles. The summed E-state index contributed by atoms with van der Waals surface area (Å²) in [5.74, 6) is 3.13. The van der Waals surface area contributed by atoms with Crippen molar-refractivity contribution in [2.45, 2.75) is 69.5 Å². The Labute approximate surface area is 131 Å². The smallest absolute Gasteiger partial charge is 0.220 e. The van der Waals surface area contributed by atoms with Crippen LogP contribution >= 0.6 is 15.9 Å². The fraction of sp³-hybridized carbons (Fsp3) is 0.941. The van der Waals surface area contributed by atoms with Crippen molar-refractivity contribution in [3.63, 3.8) is 0 Å². The van der Waals surface area contributed by atoms with Crippen LogP contribution in [-0.2, 0) is 4.79 Å². The fourth-order valence-electron chi connectivity index (χ4n) is 5.55. The van der Waals surface area contributed by atoms with E-state index in [0.717, 1.165) is 37.1 Å². The number of amides is 1. The molecule has 2 nitrogen and oxygen atoms in total. The first-order chi connectivity index (χ1) is 9.58. The fourth-order valence-corrected chi connectivity index (χ4v) is 6.17. The monoisotopic (exact) mass is 341 g/mol. The topological polar surface area (TPSA) is 29.1 Å². The van der Waals surface area contributed by atoms with Crippen molar-refractivity contribution < 1.29 is 4.79 Å². The van der Waals surface area contributed by atoms with E-state index in [1.807, 2.05) is 0 Å². The van der Waals surface area contributed by atoms with Gasteiger partial charge in [-0.2, -0.15) is 0 Å². The van der Waals surface area contributed by atoms with E-state index in [-0.39, 0.29) is 0 Å². The van der Waals surface area contributed by atoms with Gasteiger partial charge in [0.05, 0.1) is 0 Å². The zero-order valence-corrected chi connectivity index (χ0v) is 14.3. The number of alkyl halides is 1. The summed E-state index contributed by atoms with van der Waals surface area (Å²) in [6, 6.07) is 0. The van der Waals surface area contributed by atoms with Gasteiger partial charge in [-0.25, -0.2) is 0 Å². The standard InChI is InChI=1S/C17H28BrNO/c1-2-3-15(18)11-19-16(20)10-17-7-12-4-13(8-17)6-14(5-12)9-17/h12-15H,2-11H2,1H3,(H,19,20). The molecule has 114 valence electrons. The van der Waals surface area contributed by atoms with Gasteiger partial charge < -0.3 is 5.32 Å².